The second kappa shape index (κ2) is 15.7. The molecule has 2 heterocycles. The van der Waals surface area contributed by atoms with Gasteiger partial charge in [0, 0.05) is 23.8 Å². The van der Waals surface area contributed by atoms with E-state index in [4.69, 9.17) is 25.1 Å². The van der Waals surface area contributed by atoms with Crippen molar-refractivity contribution in [3.05, 3.63) is 96.6 Å². The molecule has 1 atom stereocenters. The predicted molar refractivity (Wildman–Crippen MR) is 175 cm³/mol. The van der Waals surface area contributed by atoms with E-state index in [1.54, 1.807) is 18.7 Å². The minimum atomic E-state index is -5.08. The zero-order valence-corrected chi connectivity index (χ0v) is 26.3. The van der Waals surface area contributed by atoms with Gasteiger partial charge in [0.2, 0.25) is 5.91 Å². The van der Waals surface area contributed by atoms with Gasteiger partial charge in [-0.3, -0.25) is 4.79 Å². The number of rotatable bonds is 11. The lowest BCUT2D eigenvalue weighted by molar-refractivity contribution is -0.192. The van der Waals surface area contributed by atoms with E-state index in [9.17, 15) is 18.0 Å². The largest absolute Gasteiger partial charge is 0.490 e. The molecule has 0 fully saturated rings. The van der Waals surface area contributed by atoms with E-state index in [0.717, 1.165) is 38.8 Å². The van der Waals surface area contributed by atoms with Gasteiger partial charge in [0.25, 0.3) is 0 Å². The number of nitrogens with two attached hydrogens (primary N) is 1. The minimum Gasteiger partial charge on any atom is -0.490 e. The summed E-state index contributed by atoms with van der Waals surface area (Å²) in [6, 6.07) is 20.5. The van der Waals surface area contributed by atoms with E-state index in [2.05, 4.69) is 25.6 Å². The maximum absolute atomic E-state index is 13.8. The number of carbonyl (C=O) groups excluding carboxylic acids is 1. The highest BCUT2D eigenvalue weighted by Gasteiger charge is 2.38. The van der Waals surface area contributed by atoms with E-state index < -0.39 is 18.2 Å². The molecule has 1 amide bonds. The molecule has 0 radical (unpaired) electrons. The van der Waals surface area contributed by atoms with Gasteiger partial charge in [-0.15, -0.1) is 0 Å². The number of amides is 1. The Morgan fingerprint density at radius 2 is 1.81 bits per heavy atom. The average molecular weight is 665 g/mol. The first kappa shape index (κ1) is 35.1. The van der Waals surface area contributed by atoms with Crippen molar-refractivity contribution in [2.24, 2.45) is 0 Å². The Bertz CT molecular complexity index is 1850. The van der Waals surface area contributed by atoms with Gasteiger partial charge in [0.15, 0.2) is 11.5 Å². The quantitative estimate of drug-likeness (QED) is 0.106. The Morgan fingerprint density at radius 1 is 1.04 bits per heavy atom. The number of imidazole rings is 1. The molecular formula is C34H35F3N6O5. The summed E-state index contributed by atoms with van der Waals surface area (Å²) < 4.78 is 43.6. The smallest absolute Gasteiger partial charge is 0.490 e. The molecule has 5 rings (SSSR count). The van der Waals surface area contributed by atoms with Crippen molar-refractivity contribution in [2.75, 3.05) is 17.7 Å². The Labute approximate surface area is 274 Å². The highest BCUT2D eigenvalue weighted by Crippen LogP contribution is 2.33. The highest BCUT2D eigenvalue weighted by molar-refractivity contribution is 5.94. The number of anilines is 2. The topological polar surface area (TPSA) is 164 Å². The van der Waals surface area contributed by atoms with E-state index >= 15 is 0 Å². The van der Waals surface area contributed by atoms with E-state index in [1.165, 1.54) is 0 Å². The van der Waals surface area contributed by atoms with Crippen LogP contribution in [0, 0.1) is 0 Å². The number of benzene rings is 3. The van der Waals surface area contributed by atoms with Crippen molar-refractivity contribution in [2.45, 2.75) is 45.6 Å². The second-order valence-electron chi connectivity index (χ2n) is 10.7. The standard InChI is InChI=1S/C32H34N6O3.C2HF3O2/c1-4-40-29-16-24(8-11-28(29)41-20(2)3)30(38-25-9-10-26-22(15-25)12-13-35-31(26)33)32(39)36-17-21-6-5-7-23(14-21)27-18-34-19-37-27;3-2(4,5)1(6)7/h5-16,18-20,30,38H,4,17H2,1-3H3,(H2,33,35)(H,34,37)(H,36,39);(H,6,7). The predicted octanol–water partition coefficient (Wildman–Crippen LogP) is 6.50. The van der Waals surface area contributed by atoms with Gasteiger partial charge >= 0.3 is 12.1 Å². The number of carboxylic acid groups (broad SMARTS) is 1. The number of hydrogen-bond acceptors (Lipinski definition) is 8. The Balaban J connectivity index is 0.000000671. The number of pyridine rings is 1. The molecule has 0 spiro atoms. The van der Waals surface area contributed by atoms with Crippen molar-refractivity contribution in [1.82, 2.24) is 20.3 Å². The molecular weight excluding hydrogens is 629 g/mol. The third kappa shape index (κ3) is 9.37. The number of H-pyrrole nitrogens is 1. The molecule has 0 saturated heterocycles. The van der Waals surface area contributed by atoms with Crippen molar-refractivity contribution < 1.29 is 37.3 Å². The second-order valence-corrected chi connectivity index (χ2v) is 10.7. The third-order valence-corrected chi connectivity index (χ3v) is 6.78. The number of carbonyl (C=O) groups is 2. The number of fused-ring (bicyclic) bond motifs is 1. The summed E-state index contributed by atoms with van der Waals surface area (Å²) in [5.74, 6) is -1.27. The molecule has 6 N–H and O–H groups in total. The SMILES string of the molecule is CCOc1cc(C(Nc2ccc3c(N)nccc3c2)C(=O)NCc2cccc(-c3cnc[nH]3)c2)ccc1OC(C)C.O=C(O)C(F)(F)F. The van der Waals surface area contributed by atoms with Crippen LogP contribution >= 0.6 is 0 Å². The number of nitrogens with zero attached hydrogens (tertiary/aromatic N) is 2. The van der Waals surface area contributed by atoms with Crippen LogP contribution in [-0.4, -0.2) is 50.8 Å². The van der Waals surface area contributed by atoms with E-state index in [0.29, 0.717) is 30.5 Å². The van der Waals surface area contributed by atoms with Crippen LogP contribution in [0.3, 0.4) is 0 Å². The van der Waals surface area contributed by atoms with Crippen molar-refractivity contribution >= 4 is 34.2 Å². The first-order valence-electron chi connectivity index (χ1n) is 14.9. The number of nitrogens with one attached hydrogen (secondary N) is 3. The summed E-state index contributed by atoms with van der Waals surface area (Å²) in [5.41, 5.74) is 10.4. The maximum Gasteiger partial charge on any atom is 0.490 e. The average Bonchev–Trinajstić information content (AvgIpc) is 3.59. The van der Waals surface area contributed by atoms with Crippen LogP contribution in [0.15, 0.2) is 85.5 Å². The molecule has 1 unspecified atom stereocenters. The normalized spacial score (nSPS) is 11.7. The van der Waals surface area contributed by atoms with Crippen LogP contribution in [0.1, 0.15) is 37.9 Å². The summed E-state index contributed by atoms with van der Waals surface area (Å²) in [4.78, 5) is 34.1. The molecule has 0 aliphatic rings. The zero-order chi connectivity index (χ0) is 34.8. The van der Waals surface area contributed by atoms with Gasteiger partial charge < -0.3 is 35.9 Å². The van der Waals surface area contributed by atoms with E-state index in [1.807, 2.05) is 87.5 Å². The lowest BCUT2D eigenvalue weighted by atomic mass is 10.0. The Kier molecular flexibility index (Phi) is 11.4. The van der Waals surface area contributed by atoms with Crippen molar-refractivity contribution in [1.29, 1.82) is 0 Å². The summed E-state index contributed by atoms with van der Waals surface area (Å²) >= 11 is 0. The lowest BCUT2D eigenvalue weighted by Gasteiger charge is -2.22. The Hall–Kier alpha value is -5.79. The van der Waals surface area contributed by atoms with Gasteiger partial charge in [-0.2, -0.15) is 13.2 Å². The molecule has 14 heteroatoms. The number of alkyl halides is 3. The maximum atomic E-state index is 13.8. The fourth-order valence-electron chi connectivity index (χ4n) is 4.64. The third-order valence-electron chi connectivity index (χ3n) is 6.78. The van der Waals surface area contributed by atoms with Crippen LogP contribution in [0.2, 0.25) is 0 Å². The number of ether oxygens (including phenoxy) is 2. The fraction of sp³-hybridized carbons (Fsp3) is 0.235. The molecule has 3 aromatic carbocycles. The van der Waals surface area contributed by atoms with Gasteiger partial charge in [-0.05, 0) is 85.3 Å². The van der Waals surface area contributed by atoms with Crippen LogP contribution in [0.25, 0.3) is 22.0 Å². The molecule has 0 bridgehead atoms. The first-order valence-corrected chi connectivity index (χ1v) is 14.9. The summed E-state index contributed by atoms with van der Waals surface area (Å²) in [7, 11) is 0. The van der Waals surface area contributed by atoms with Crippen molar-refractivity contribution in [3.8, 4) is 22.8 Å². The molecule has 0 saturated carbocycles. The lowest BCUT2D eigenvalue weighted by Crippen LogP contribution is -2.33. The van der Waals surface area contributed by atoms with Gasteiger partial charge in [-0.25, -0.2) is 14.8 Å². The number of aromatic nitrogens is 3. The molecule has 2 aromatic heterocycles. The number of carboxylic acids is 1. The van der Waals surface area contributed by atoms with Crippen molar-refractivity contribution in [3.63, 3.8) is 0 Å². The number of hydrogen-bond donors (Lipinski definition) is 5. The van der Waals surface area contributed by atoms with E-state index in [-0.39, 0.29) is 12.0 Å². The van der Waals surface area contributed by atoms with Crippen LogP contribution in [0.4, 0.5) is 24.7 Å². The van der Waals surface area contributed by atoms with Crippen LogP contribution < -0.4 is 25.8 Å². The van der Waals surface area contributed by atoms with Crippen LogP contribution in [0.5, 0.6) is 11.5 Å². The number of halogens is 3. The number of aliphatic carboxylic acids is 1. The van der Waals surface area contributed by atoms with Gasteiger partial charge in [-0.1, -0.05) is 24.3 Å². The Morgan fingerprint density at radius 3 is 2.48 bits per heavy atom. The first-order chi connectivity index (χ1) is 22.8. The molecule has 5 aromatic rings. The van der Waals surface area contributed by atoms with Gasteiger partial charge in [0.1, 0.15) is 11.9 Å². The van der Waals surface area contributed by atoms with Crippen LogP contribution in [-0.2, 0) is 16.1 Å². The number of aromatic amines is 1. The molecule has 0 aliphatic heterocycles. The molecule has 0 aliphatic carbocycles. The number of nitrogen functional groups attached to an aromatic ring is 1. The molecule has 252 valence electrons. The summed E-state index contributed by atoms with van der Waals surface area (Å²) in [6.45, 7) is 6.66. The summed E-state index contributed by atoms with van der Waals surface area (Å²) in [5, 5.41) is 15.4. The van der Waals surface area contributed by atoms with Gasteiger partial charge in [0.05, 0.1) is 30.9 Å². The molecule has 11 nitrogen and oxygen atoms in total. The highest BCUT2D eigenvalue weighted by atomic mass is 19.4. The molecule has 48 heavy (non-hydrogen) atoms. The monoisotopic (exact) mass is 664 g/mol. The fourth-order valence-corrected chi connectivity index (χ4v) is 4.64. The summed E-state index contributed by atoms with van der Waals surface area (Å²) in [6.07, 6.45) is -0.0151. The zero-order valence-electron chi connectivity index (χ0n) is 26.3. The minimum absolute atomic E-state index is 0.0191.